The molecule has 1 N–H and O–H groups in total. The summed E-state index contributed by atoms with van der Waals surface area (Å²) in [5, 5.41) is 3.67. The van der Waals surface area contributed by atoms with Gasteiger partial charge < -0.3 is 5.32 Å². The van der Waals surface area contributed by atoms with Crippen molar-refractivity contribution in [2.75, 3.05) is 6.54 Å². The molecular weight excluding hydrogens is 299 g/mol. The smallest absolute Gasteiger partial charge is 0.194 e. The Labute approximate surface area is 126 Å². The molecule has 2 aromatic rings. The molecule has 0 aliphatic carbocycles. The van der Waals surface area contributed by atoms with Crippen LogP contribution in [0.3, 0.4) is 0 Å². The van der Waals surface area contributed by atoms with Crippen molar-refractivity contribution in [3.05, 3.63) is 58.4 Å². The lowest BCUT2D eigenvalue weighted by Gasteiger charge is -2.12. The zero-order valence-electron chi connectivity index (χ0n) is 11.5. The lowest BCUT2D eigenvalue weighted by molar-refractivity contribution is 0.447. The van der Waals surface area contributed by atoms with Gasteiger partial charge in [-0.1, -0.05) is 24.6 Å². The summed E-state index contributed by atoms with van der Waals surface area (Å²) in [6, 6.07) is 7.08. The molecule has 0 saturated carbocycles. The molecule has 0 amide bonds. The quantitative estimate of drug-likeness (QED) is 0.610. The molecule has 112 valence electrons. The molecule has 0 saturated heterocycles. The molecule has 2 aromatic carbocycles. The van der Waals surface area contributed by atoms with Crippen molar-refractivity contribution in [3.63, 3.8) is 0 Å². The van der Waals surface area contributed by atoms with Gasteiger partial charge in [-0.2, -0.15) is 0 Å². The molecule has 1 nitrogen and oxygen atoms in total. The van der Waals surface area contributed by atoms with E-state index in [-0.39, 0.29) is 5.56 Å². The Balaban J connectivity index is 2.44. The third-order valence-corrected chi connectivity index (χ3v) is 3.34. The predicted octanol–water partition coefficient (Wildman–Crippen LogP) is 4.92. The first kappa shape index (κ1) is 15.9. The topological polar surface area (TPSA) is 12.0 Å². The number of benzene rings is 2. The monoisotopic (exact) mass is 313 g/mol. The highest BCUT2D eigenvalue weighted by Gasteiger charge is 2.14. The largest absolute Gasteiger partial charge is 0.313 e. The van der Waals surface area contributed by atoms with Gasteiger partial charge in [0.15, 0.2) is 17.5 Å². The van der Waals surface area contributed by atoms with E-state index in [0.717, 1.165) is 30.7 Å². The highest BCUT2D eigenvalue weighted by molar-refractivity contribution is 6.30. The van der Waals surface area contributed by atoms with Gasteiger partial charge in [0.1, 0.15) is 0 Å². The molecule has 0 radical (unpaired) electrons. The first-order valence-corrected chi connectivity index (χ1v) is 7.04. The van der Waals surface area contributed by atoms with Crippen LogP contribution in [0.2, 0.25) is 5.02 Å². The van der Waals surface area contributed by atoms with E-state index in [1.807, 2.05) is 6.92 Å². The van der Waals surface area contributed by atoms with Gasteiger partial charge in [-0.3, -0.25) is 0 Å². The summed E-state index contributed by atoms with van der Waals surface area (Å²) in [5.74, 6) is -3.89. The number of hydrogen-bond donors (Lipinski definition) is 1. The molecule has 2 rings (SSSR count). The van der Waals surface area contributed by atoms with Crippen LogP contribution in [-0.2, 0) is 6.54 Å². The van der Waals surface area contributed by atoms with Crippen molar-refractivity contribution in [2.24, 2.45) is 0 Å². The Morgan fingerprint density at radius 2 is 1.71 bits per heavy atom. The first-order valence-electron chi connectivity index (χ1n) is 6.67. The normalized spacial score (nSPS) is 10.9. The van der Waals surface area contributed by atoms with Gasteiger partial charge in [-0.15, -0.1) is 0 Å². The number of halogens is 4. The van der Waals surface area contributed by atoms with Crippen LogP contribution >= 0.6 is 11.6 Å². The molecule has 0 unspecified atom stereocenters. The number of nitrogens with one attached hydrogen (secondary N) is 1. The van der Waals surface area contributed by atoms with Crippen LogP contribution in [-0.4, -0.2) is 6.54 Å². The summed E-state index contributed by atoms with van der Waals surface area (Å²) < 4.78 is 39.9. The minimum Gasteiger partial charge on any atom is -0.313 e. The molecule has 0 aliphatic heterocycles. The van der Waals surface area contributed by atoms with E-state index in [0.29, 0.717) is 17.1 Å². The summed E-state index contributed by atoms with van der Waals surface area (Å²) >= 11 is 5.96. The van der Waals surface area contributed by atoms with Gasteiger partial charge >= 0.3 is 0 Å². The van der Waals surface area contributed by atoms with Gasteiger partial charge in [0, 0.05) is 11.6 Å². The first-order chi connectivity index (χ1) is 10.0. The van der Waals surface area contributed by atoms with Gasteiger partial charge in [0.05, 0.1) is 0 Å². The maximum atomic E-state index is 13.4. The van der Waals surface area contributed by atoms with Gasteiger partial charge in [0.2, 0.25) is 0 Å². The highest BCUT2D eigenvalue weighted by atomic mass is 35.5. The minimum atomic E-state index is -1.47. The fourth-order valence-electron chi connectivity index (χ4n) is 2.08. The van der Waals surface area contributed by atoms with E-state index < -0.39 is 17.5 Å². The van der Waals surface area contributed by atoms with E-state index in [1.165, 1.54) is 0 Å². The van der Waals surface area contributed by atoms with Crippen LogP contribution in [0.4, 0.5) is 13.2 Å². The van der Waals surface area contributed by atoms with Crippen LogP contribution in [0.25, 0.3) is 11.1 Å². The number of rotatable bonds is 5. The third kappa shape index (κ3) is 3.77. The van der Waals surface area contributed by atoms with Crippen LogP contribution in [0.1, 0.15) is 18.9 Å². The zero-order valence-corrected chi connectivity index (χ0v) is 12.3. The Hall–Kier alpha value is -1.52. The minimum absolute atomic E-state index is 0.266. The standard InChI is InChI=1S/C16H15ClF3N/c1-2-5-21-9-10-3-4-12(17)8-13(10)11-6-14(18)16(20)15(19)7-11/h3-4,6-8,21H,2,5,9H2,1H3. The maximum Gasteiger partial charge on any atom is 0.194 e. The molecule has 0 heterocycles. The highest BCUT2D eigenvalue weighted by Crippen LogP contribution is 2.29. The SMILES string of the molecule is CCCNCc1ccc(Cl)cc1-c1cc(F)c(F)c(F)c1. The van der Waals surface area contributed by atoms with Crippen molar-refractivity contribution in [1.29, 1.82) is 0 Å². The van der Waals surface area contributed by atoms with Crippen LogP contribution in [0, 0.1) is 17.5 Å². The Morgan fingerprint density at radius 1 is 1.05 bits per heavy atom. The summed E-state index contributed by atoms with van der Waals surface area (Å²) in [4.78, 5) is 0. The van der Waals surface area contributed by atoms with Crippen molar-refractivity contribution in [1.82, 2.24) is 5.32 Å². The molecule has 0 atom stereocenters. The molecule has 0 fully saturated rings. The fourth-order valence-corrected chi connectivity index (χ4v) is 2.25. The third-order valence-electron chi connectivity index (χ3n) is 3.11. The molecular formula is C16H15ClF3N. The molecule has 5 heteroatoms. The van der Waals surface area contributed by atoms with Crippen LogP contribution in [0.5, 0.6) is 0 Å². The van der Waals surface area contributed by atoms with Crippen molar-refractivity contribution in [2.45, 2.75) is 19.9 Å². The average Bonchev–Trinajstić information content (AvgIpc) is 2.46. The Bertz CT molecular complexity index is 620. The van der Waals surface area contributed by atoms with Gasteiger partial charge in [0.25, 0.3) is 0 Å². The Morgan fingerprint density at radius 3 is 2.33 bits per heavy atom. The van der Waals surface area contributed by atoms with Crippen molar-refractivity contribution < 1.29 is 13.2 Å². The molecule has 0 bridgehead atoms. The van der Waals surface area contributed by atoms with E-state index in [4.69, 9.17) is 11.6 Å². The Kier molecular flexibility index (Phi) is 5.26. The van der Waals surface area contributed by atoms with Crippen LogP contribution < -0.4 is 5.32 Å². The fraction of sp³-hybridized carbons (Fsp3) is 0.250. The summed E-state index contributed by atoms with van der Waals surface area (Å²) in [6.07, 6.45) is 0.975. The van der Waals surface area contributed by atoms with E-state index in [1.54, 1.807) is 18.2 Å². The van der Waals surface area contributed by atoms with E-state index >= 15 is 0 Å². The lowest BCUT2D eigenvalue weighted by Crippen LogP contribution is -2.14. The van der Waals surface area contributed by atoms with Gasteiger partial charge in [-0.25, -0.2) is 13.2 Å². The number of hydrogen-bond acceptors (Lipinski definition) is 1. The van der Waals surface area contributed by atoms with Crippen molar-refractivity contribution >= 4 is 11.6 Å². The van der Waals surface area contributed by atoms with E-state index in [2.05, 4.69) is 5.32 Å². The van der Waals surface area contributed by atoms with Crippen molar-refractivity contribution in [3.8, 4) is 11.1 Å². The van der Waals surface area contributed by atoms with Crippen LogP contribution in [0.15, 0.2) is 30.3 Å². The van der Waals surface area contributed by atoms with Gasteiger partial charge in [-0.05, 0) is 53.9 Å². The zero-order chi connectivity index (χ0) is 15.4. The average molecular weight is 314 g/mol. The summed E-state index contributed by atoms with van der Waals surface area (Å²) in [6.45, 7) is 3.41. The summed E-state index contributed by atoms with van der Waals surface area (Å²) in [5.41, 5.74) is 1.70. The molecule has 0 aromatic heterocycles. The maximum absolute atomic E-state index is 13.4. The second-order valence-corrected chi connectivity index (χ2v) is 5.17. The van der Waals surface area contributed by atoms with E-state index in [9.17, 15) is 13.2 Å². The molecule has 0 spiro atoms. The second kappa shape index (κ2) is 6.96. The predicted molar refractivity (Wildman–Crippen MR) is 78.8 cm³/mol. The lowest BCUT2D eigenvalue weighted by atomic mass is 9.99. The summed E-state index contributed by atoms with van der Waals surface area (Å²) in [7, 11) is 0. The molecule has 0 aliphatic rings. The second-order valence-electron chi connectivity index (χ2n) is 4.73. The molecule has 21 heavy (non-hydrogen) atoms.